The van der Waals surface area contributed by atoms with Gasteiger partial charge in [0.2, 0.25) is 0 Å². The molecule has 0 fully saturated rings. The fourth-order valence-electron chi connectivity index (χ4n) is 2.61. The van der Waals surface area contributed by atoms with Crippen LogP contribution in [0.4, 0.5) is 10.5 Å². The van der Waals surface area contributed by atoms with Gasteiger partial charge in [-0.3, -0.25) is 9.69 Å². The van der Waals surface area contributed by atoms with Crippen LogP contribution in [0, 0.1) is 0 Å². The van der Waals surface area contributed by atoms with Crippen molar-refractivity contribution in [2.75, 3.05) is 25.0 Å². The van der Waals surface area contributed by atoms with Crippen molar-refractivity contribution in [2.45, 2.75) is 19.9 Å². The first-order valence-corrected chi connectivity index (χ1v) is 8.46. The smallest absolute Gasteiger partial charge is 0.324 e. The summed E-state index contributed by atoms with van der Waals surface area (Å²) in [7, 11) is 1.81. The Morgan fingerprint density at radius 2 is 1.64 bits per heavy atom. The van der Waals surface area contributed by atoms with Crippen LogP contribution < -0.4 is 10.6 Å². The summed E-state index contributed by atoms with van der Waals surface area (Å²) in [5.41, 5.74) is 7.78. The topological polar surface area (TPSA) is 66.6 Å². The molecule has 2 rings (SSSR count). The third-order valence-electron chi connectivity index (χ3n) is 3.99. The van der Waals surface area contributed by atoms with Crippen LogP contribution in [0.1, 0.15) is 29.3 Å². The number of amides is 2. The third kappa shape index (κ3) is 4.90. The van der Waals surface area contributed by atoms with Gasteiger partial charge >= 0.3 is 6.03 Å². The lowest BCUT2D eigenvalue weighted by molar-refractivity contribution is 0.100. The van der Waals surface area contributed by atoms with Crippen LogP contribution in [0.3, 0.4) is 0 Å². The van der Waals surface area contributed by atoms with Gasteiger partial charge in [-0.15, -0.1) is 0 Å². The molecular formula is C20H25N3O2. The minimum absolute atomic E-state index is 0.00418. The van der Waals surface area contributed by atoms with Gasteiger partial charge in [0.1, 0.15) is 0 Å². The Bertz CT molecular complexity index is 699. The highest BCUT2D eigenvalue weighted by Gasteiger charge is 2.19. The van der Waals surface area contributed by atoms with Gasteiger partial charge in [-0.25, -0.2) is 4.79 Å². The van der Waals surface area contributed by atoms with Gasteiger partial charge in [0.25, 0.3) is 0 Å². The van der Waals surface area contributed by atoms with Crippen molar-refractivity contribution < 1.29 is 9.59 Å². The van der Waals surface area contributed by atoms with E-state index in [1.165, 1.54) is 0 Å². The Morgan fingerprint density at radius 3 is 2.20 bits per heavy atom. The third-order valence-corrected chi connectivity index (χ3v) is 3.99. The van der Waals surface area contributed by atoms with E-state index in [-0.39, 0.29) is 18.4 Å². The first-order chi connectivity index (χ1) is 12.1. The van der Waals surface area contributed by atoms with Crippen molar-refractivity contribution in [3.63, 3.8) is 0 Å². The number of ketones is 1. The second-order valence-corrected chi connectivity index (χ2v) is 5.95. The second kappa shape index (κ2) is 8.99. The average Bonchev–Trinajstić information content (AvgIpc) is 2.66. The molecule has 0 unspecified atom stereocenters. The second-order valence-electron chi connectivity index (χ2n) is 5.95. The number of nitrogens with zero attached hydrogens (tertiary/aromatic N) is 2. The summed E-state index contributed by atoms with van der Waals surface area (Å²) >= 11 is 0. The Kier molecular flexibility index (Phi) is 6.71. The normalized spacial score (nSPS) is 10.4. The molecular weight excluding hydrogens is 314 g/mol. The van der Waals surface area contributed by atoms with Crippen molar-refractivity contribution in [3.8, 4) is 0 Å². The van der Waals surface area contributed by atoms with Crippen LogP contribution in [-0.4, -0.2) is 36.9 Å². The zero-order valence-electron chi connectivity index (χ0n) is 14.8. The summed E-state index contributed by atoms with van der Waals surface area (Å²) in [6.45, 7) is 3.18. The van der Waals surface area contributed by atoms with Crippen molar-refractivity contribution in [2.24, 2.45) is 5.73 Å². The number of para-hydroxylation sites is 1. The molecule has 0 aliphatic carbocycles. The molecule has 0 aromatic heterocycles. The van der Waals surface area contributed by atoms with E-state index >= 15 is 0 Å². The molecule has 0 aliphatic heterocycles. The number of Topliss-reactive ketones (excluding diaryl/α,β-unsaturated/α-hetero) is 1. The fourth-order valence-corrected chi connectivity index (χ4v) is 2.61. The molecule has 0 saturated heterocycles. The van der Waals surface area contributed by atoms with Crippen molar-refractivity contribution in [3.05, 3.63) is 65.7 Å². The standard InChI is InChI=1S/C20H25N3O2/c1-3-13-22(2)20(25)23(18-7-5-4-6-8-18)15-16-9-11-17(12-10-16)19(24)14-21/h4-12H,3,13-15,21H2,1-2H3. The van der Waals surface area contributed by atoms with Crippen LogP contribution >= 0.6 is 0 Å². The van der Waals surface area contributed by atoms with Crippen molar-refractivity contribution in [1.82, 2.24) is 4.90 Å². The maximum absolute atomic E-state index is 12.8. The number of hydrogen-bond donors (Lipinski definition) is 1. The first-order valence-electron chi connectivity index (χ1n) is 8.46. The van der Waals surface area contributed by atoms with E-state index in [1.54, 1.807) is 21.9 Å². The number of benzene rings is 2. The largest absolute Gasteiger partial charge is 0.327 e. The molecule has 0 atom stereocenters. The van der Waals surface area contributed by atoms with Crippen LogP contribution in [0.5, 0.6) is 0 Å². The highest BCUT2D eigenvalue weighted by molar-refractivity contribution is 5.97. The molecule has 5 nitrogen and oxygen atoms in total. The SMILES string of the molecule is CCCN(C)C(=O)N(Cc1ccc(C(=O)CN)cc1)c1ccccc1. The van der Waals surface area contributed by atoms with E-state index in [2.05, 4.69) is 0 Å². The molecule has 5 heteroatoms. The number of carbonyl (C=O) groups is 2. The zero-order chi connectivity index (χ0) is 18.2. The lowest BCUT2D eigenvalue weighted by atomic mass is 10.1. The quantitative estimate of drug-likeness (QED) is 0.787. The number of anilines is 1. The van der Waals surface area contributed by atoms with Crippen molar-refractivity contribution in [1.29, 1.82) is 0 Å². The number of urea groups is 1. The van der Waals surface area contributed by atoms with Crippen LogP contribution in [0.2, 0.25) is 0 Å². The Hall–Kier alpha value is -2.66. The molecule has 0 heterocycles. The highest BCUT2D eigenvalue weighted by Crippen LogP contribution is 2.19. The van der Waals surface area contributed by atoms with E-state index < -0.39 is 0 Å². The summed E-state index contributed by atoms with van der Waals surface area (Å²) < 4.78 is 0. The van der Waals surface area contributed by atoms with Gasteiger partial charge in [-0.2, -0.15) is 0 Å². The fraction of sp³-hybridized carbons (Fsp3) is 0.300. The Balaban J connectivity index is 2.24. The molecule has 0 spiro atoms. The molecule has 2 amide bonds. The van der Waals surface area contributed by atoms with Gasteiger partial charge in [-0.1, -0.05) is 49.4 Å². The highest BCUT2D eigenvalue weighted by atomic mass is 16.2. The molecule has 2 aromatic carbocycles. The molecule has 0 saturated carbocycles. The summed E-state index contributed by atoms with van der Waals surface area (Å²) in [4.78, 5) is 27.9. The van der Waals surface area contributed by atoms with Crippen LogP contribution in [0.25, 0.3) is 0 Å². The predicted octanol–water partition coefficient (Wildman–Crippen LogP) is 3.30. The van der Waals surface area contributed by atoms with Crippen molar-refractivity contribution >= 4 is 17.5 Å². The lowest BCUT2D eigenvalue weighted by Crippen LogP contribution is -2.41. The van der Waals surface area contributed by atoms with E-state index in [4.69, 9.17) is 5.73 Å². The zero-order valence-corrected chi connectivity index (χ0v) is 14.8. The molecule has 0 aliphatic rings. The summed E-state index contributed by atoms with van der Waals surface area (Å²) in [5, 5.41) is 0. The minimum atomic E-state index is -0.0924. The number of rotatable bonds is 7. The van der Waals surface area contributed by atoms with Crippen LogP contribution in [0.15, 0.2) is 54.6 Å². The minimum Gasteiger partial charge on any atom is -0.327 e. The average molecular weight is 339 g/mol. The molecule has 2 N–H and O–H groups in total. The predicted molar refractivity (Wildman–Crippen MR) is 101 cm³/mol. The van der Waals surface area contributed by atoms with E-state index in [9.17, 15) is 9.59 Å². The molecule has 0 radical (unpaired) electrons. The maximum atomic E-state index is 12.8. The van der Waals surface area contributed by atoms with Gasteiger partial charge in [0.05, 0.1) is 13.1 Å². The number of nitrogens with two attached hydrogens (primary N) is 1. The first kappa shape index (κ1) is 18.7. The summed E-state index contributed by atoms with van der Waals surface area (Å²) in [5.74, 6) is -0.0924. The summed E-state index contributed by atoms with van der Waals surface area (Å²) in [6.07, 6.45) is 0.904. The summed E-state index contributed by atoms with van der Waals surface area (Å²) in [6, 6.07) is 16.8. The van der Waals surface area contributed by atoms with Gasteiger partial charge < -0.3 is 10.6 Å². The molecule has 2 aromatic rings. The number of carbonyl (C=O) groups excluding carboxylic acids is 2. The maximum Gasteiger partial charge on any atom is 0.324 e. The van der Waals surface area contributed by atoms with Gasteiger partial charge in [-0.05, 0) is 24.1 Å². The van der Waals surface area contributed by atoms with Crippen LogP contribution in [-0.2, 0) is 6.54 Å². The molecule has 25 heavy (non-hydrogen) atoms. The van der Waals surface area contributed by atoms with E-state index in [0.29, 0.717) is 18.7 Å². The monoisotopic (exact) mass is 339 g/mol. The van der Waals surface area contributed by atoms with Gasteiger partial charge in [0, 0.05) is 24.8 Å². The van der Waals surface area contributed by atoms with Gasteiger partial charge in [0.15, 0.2) is 5.78 Å². The molecule has 0 bridgehead atoms. The Morgan fingerprint density at radius 1 is 1.00 bits per heavy atom. The van der Waals surface area contributed by atoms with E-state index in [0.717, 1.165) is 17.7 Å². The molecule has 132 valence electrons. The number of hydrogen-bond acceptors (Lipinski definition) is 3. The Labute approximate surface area is 149 Å². The van der Waals surface area contributed by atoms with E-state index in [1.807, 2.05) is 56.4 Å². The lowest BCUT2D eigenvalue weighted by Gasteiger charge is -2.28.